The Morgan fingerprint density at radius 1 is 0.800 bits per heavy atom. The van der Waals surface area contributed by atoms with Crippen molar-refractivity contribution in [2.75, 3.05) is 19.6 Å². The highest BCUT2D eigenvalue weighted by atomic mass is 16.4. The molecule has 280 valence electrons. The van der Waals surface area contributed by atoms with Gasteiger partial charge in [-0.2, -0.15) is 5.10 Å². The van der Waals surface area contributed by atoms with Gasteiger partial charge in [-0.15, -0.1) is 0 Å². The van der Waals surface area contributed by atoms with Gasteiger partial charge in [0.1, 0.15) is 6.33 Å². The van der Waals surface area contributed by atoms with E-state index < -0.39 is 17.8 Å². The second-order valence-electron chi connectivity index (χ2n) is 17.1. The molecule has 10 nitrogen and oxygen atoms in total. The number of benzene rings is 1. The molecule has 0 bridgehead atoms. The number of aliphatic hydroxyl groups is 1. The average Bonchev–Trinajstić information content (AvgIpc) is 3.54. The van der Waals surface area contributed by atoms with Gasteiger partial charge in [0.15, 0.2) is 11.4 Å². The Hall–Kier alpha value is -2.98. The zero-order valence-corrected chi connectivity index (χ0v) is 31.7. The van der Waals surface area contributed by atoms with Crippen molar-refractivity contribution in [3.63, 3.8) is 0 Å². The number of amides is 2. The van der Waals surface area contributed by atoms with Gasteiger partial charge in [-0.05, 0) is 79.8 Å². The minimum atomic E-state index is -1.41. The Labute approximate surface area is 300 Å². The molecule has 2 aliphatic rings. The number of likely N-dealkylation sites (tertiary alicyclic amines) is 1. The van der Waals surface area contributed by atoms with Gasteiger partial charge in [0.25, 0.3) is 0 Å². The lowest BCUT2D eigenvalue weighted by molar-refractivity contribution is -0.109. The van der Waals surface area contributed by atoms with Gasteiger partial charge in [-0.25, -0.2) is 19.5 Å². The number of hydrogen-bond donors (Lipinski definition) is 3. The summed E-state index contributed by atoms with van der Waals surface area (Å²) in [5.74, 6) is 1.15. The average molecular weight is 696 g/mol. The molecular formula is C40H65N5O5. The number of carbonyl (C=O) groups is 2. The van der Waals surface area contributed by atoms with Crippen LogP contribution in [0.4, 0.5) is 9.59 Å². The van der Waals surface area contributed by atoms with Crippen LogP contribution >= 0.6 is 0 Å². The molecule has 50 heavy (non-hydrogen) atoms. The predicted molar refractivity (Wildman–Crippen MR) is 197 cm³/mol. The van der Waals surface area contributed by atoms with Crippen LogP contribution in [0.25, 0.3) is 0 Å². The van der Waals surface area contributed by atoms with Crippen LogP contribution in [0.15, 0.2) is 36.7 Å². The smallest absolute Gasteiger partial charge is 0.416 e. The van der Waals surface area contributed by atoms with Crippen LogP contribution in [-0.2, 0) is 12.1 Å². The zero-order valence-electron chi connectivity index (χ0n) is 31.7. The van der Waals surface area contributed by atoms with Gasteiger partial charge in [0, 0.05) is 18.6 Å². The van der Waals surface area contributed by atoms with Gasteiger partial charge in [-0.1, -0.05) is 123 Å². The van der Waals surface area contributed by atoms with E-state index in [9.17, 15) is 14.7 Å². The van der Waals surface area contributed by atoms with Crippen molar-refractivity contribution in [1.29, 1.82) is 0 Å². The van der Waals surface area contributed by atoms with Crippen molar-refractivity contribution in [1.82, 2.24) is 24.6 Å². The number of imide groups is 1. The molecule has 2 heterocycles. The molecule has 1 aliphatic carbocycles. The van der Waals surface area contributed by atoms with E-state index in [4.69, 9.17) is 20.3 Å². The molecule has 0 spiro atoms. The van der Waals surface area contributed by atoms with E-state index in [2.05, 4.69) is 46.4 Å². The standard InChI is InChI=1S/C40H65N5O5/c1-37(2,3)39(38(4,5)6,25-17-9-7-8-10-18-26-45(35(46)47)36(48)49)43-27-23-31(24-28-43)29-44-30-41-34(42-44)40(50,32-19-13-11-14-20-32)33-21-15-12-16-22-33/h11,13-14,19-20,30-31,33,50H,7-10,12,15-18,21-29H2,1-6H3,(H,46,47)(H,48,49)/t40-/m0/s1. The number of hydrogen-bond acceptors (Lipinski definition) is 6. The minimum absolute atomic E-state index is 0.0149. The molecule has 1 atom stereocenters. The summed E-state index contributed by atoms with van der Waals surface area (Å²) >= 11 is 0. The first-order chi connectivity index (χ1) is 23.6. The number of aromatic nitrogens is 3. The fourth-order valence-electron chi connectivity index (χ4n) is 9.69. The van der Waals surface area contributed by atoms with E-state index in [0.29, 0.717) is 23.1 Å². The summed E-state index contributed by atoms with van der Waals surface area (Å²) in [7, 11) is 0. The summed E-state index contributed by atoms with van der Waals surface area (Å²) in [6, 6.07) is 10.0. The second-order valence-corrected chi connectivity index (χ2v) is 17.1. The highest BCUT2D eigenvalue weighted by Gasteiger charge is 2.54. The van der Waals surface area contributed by atoms with Gasteiger partial charge < -0.3 is 15.3 Å². The van der Waals surface area contributed by atoms with Crippen molar-refractivity contribution in [2.45, 2.75) is 149 Å². The Morgan fingerprint density at radius 2 is 1.36 bits per heavy atom. The molecule has 1 aromatic heterocycles. The van der Waals surface area contributed by atoms with E-state index in [1.54, 1.807) is 0 Å². The van der Waals surface area contributed by atoms with E-state index >= 15 is 0 Å². The third-order valence-electron chi connectivity index (χ3n) is 12.0. The first kappa shape index (κ1) is 39.8. The summed E-state index contributed by atoms with van der Waals surface area (Å²) in [6.45, 7) is 17.3. The predicted octanol–water partition coefficient (Wildman–Crippen LogP) is 9.03. The molecule has 2 aromatic rings. The third kappa shape index (κ3) is 9.08. The van der Waals surface area contributed by atoms with Crippen LogP contribution in [0.2, 0.25) is 0 Å². The molecule has 2 fully saturated rings. The molecule has 4 rings (SSSR count). The number of unbranched alkanes of at least 4 members (excludes halogenated alkanes) is 5. The number of rotatable bonds is 15. The van der Waals surface area contributed by atoms with Gasteiger partial charge in [0.2, 0.25) is 0 Å². The van der Waals surface area contributed by atoms with Gasteiger partial charge in [0.05, 0.1) is 0 Å². The van der Waals surface area contributed by atoms with Gasteiger partial charge in [-0.3, -0.25) is 9.58 Å². The van der Waals surface area contributed by atoms with E-state index in [1.807, 2.05) is 41.3 Å². The Balaban J connectivity index is 1.35. The van der Waals surface area contributed by atoms with Crippen molar-refractivity contribution in [2.24, 2.45) is 22.7 Å². The molecular weight excluding hydrogens is 630 g/mol. The lowest BCUT2D eigenvalue weighted by Crippen LogP contribution is -2.66. The molecule has 1 aliphatic heterocycles. The van der Waals surface area contributed by atoms with Crippen molar-refractivity contribution in [3.05, 3.63) is 48.0 Å². The Morgan fingerprint density at radius 3 is 1.92 bits per heavy atom. The van der Waals surface area contributed by atoms with Crippen molar-refractivity contribution >= 4 is 12.2 Å². The molecule has 1 aromatic carbocycles. The van der Waals surface area contributed by atoms with E-state index in [-0.39, 0.29) is 28.8 Å². The first-order valence-corrected chi connectivity index (χ1v) is 19.3. The number of nitrogens with zero attached hydrogens (tertiary/aromatic N) is 5. The molecule has 3 N–H and O–H groups in total. The summed E-state index contributed by atoms with van der Waals surface area (Å²) < 4.78 is 1.98. The zero-order chi connectivity index (χ0) is 36.6. The third-order valence-corrected chi connectivity index (χ3v) is 12.0. The fraction of sp³-hybridized carbons (Fsp3) is 0.750. The topological polar surface area (TPSA) is 132 Å². The first-order valence-electron chi connectivity index (χ1n) is 19.3. The quantitative estimate of drug-likeness (QED) is 0.157. The Bertz CT molecular complexity index is 1320. The molecule has 2 amide bonds. The summed E-state index contributed by atoms with van der Waals surface area (Å²) in [4.78, 5) is 30.2. The fourth-order valence-corrected chi connectivity index (χ4v) is 9.69. The molecule has 10 heteroatoms. The molecule has 0 radical (unpaired) electrons. The summed E-state index contributed by atoms with van der Waals surface area (Å²) in [6.07, 6.45) is 13.5. The maximum absolute atomic E-state index is 12.3. The number of piperidine rings is 1. The highest BCUT2D eigenvalue weighted by molar-refractivity contribution is 5.85. The summed E-state index contributed by atoms with van der Waals surface area (Å²) in [5.41, 5.74) is -0.131. The van der Waals surface area contributed by atoms with Crippen LogP contribution in [0, 0.1) is 22.7 Å². The lowest BCUT2D eigenvalue weighted by Gasteiger charge is -2.61. The van der Waals surface area contributed by atoms with Crippen molar-refractivity contribution < 1.29 is 24.9 Å². The van der Waals surface area contributed by atoms with Crippen molar-refractivity contribution in [3.8, 4) is 0 Å². The van der Waals surface area contributed by atoms with Gasteiger partial charge >= 0.3 is 12.2 Å². The molecule has 1 saturated heterocycles. The second kappa shape index (κ2) is 17.0. The normalized spacial score (nSPS) is 18.5. The largest absolute Gasteiger partial charge is 0.465 e. The van der Waals surface area contributed by atoms with Crippen LogP contribution < -0.4 is 0 Å². The number of carboxylic acid groups (broad SMARTS) is 2. The maximum atomic E-state index is 12.3. The van der Waals surface area contributed by atoms with Crippen LogP contribution in [-0.4, -0.2) is 77.2 Å². The highest BCUT2D eigenvalue weighted by Crippen LogP contribution is 2.52. The van der Waals surface area contributed by atoms with Crippen LogP contribution in [0.3, 0.4) is 0 Å². The summed E-state index contributed by atoms with van der Waals surface area (Å²) in [5, 5.41) is 35.3. The Kier molecular flexibility index (Phi) is 13.6. The van der Waals surface area contributed by atoms with E-state index in [0.717, 1.165) is 102 Å². The minimum Gasteiger partial charge on any atom is -0.465 e. The van der Waals surface area contributed by atoms with Crippen LogP contribution in [0.1, 0.15) is 143 Å². The molecule has 1 saturated carbocycles. The van der Waals surface area contributed by atoms with E-state index in [1.165, 1.54) is 6.42 Å². The molecule has 0 unspecified atom stereocenters. The monoisotopic (exact) mass is 695 g/mol. The van der Waals surface area contributed by atoms with Crippen LogP contribution in [0.5, 0.6) is 0 Å². The maximum Gasteiger partial charge on any atom is 0.416 e. The SMILES string of the molecule is CC(C)(C)C(CCCCCCCCN(C(=O)O)C(=O)O)(N1CCC(Cn2cnc([C@](O)(c3ccccc3)C3CCCCC3)n2)CC1)C(C)(C)C. The lowest BCUT2D eigenvalue weighted by atomic mass is 9.56.